The van der Waals surface area contributed by atoms with E-state index >= 15 is 0 Å². The molecule has 0 atom stereocenters. The number of piperidine rings is 1. The van der Waals surface area contributed by atoms with Crippen molar-refractivity contribution in [2.24, 2.45) is 4.99 Å². The molecule has 1 aliphatic heterocycles. The van der Waals surface area contributed by atoms with Crippen molar-refractivity contribution in [2.45, 2.75) is 63.3 Å². The second-order valence-electron chi connectivity index (χ2n) is 8.71. The summed E-state index contributed by atoms with van der Waals surface area (Å²) in [6.45, 7) is 4.25. The number of carbonyl (C=O) groups is 1. The van der Waals surface area contributed by atoms with Gasteiger partial charge in [-0.2, -0.15) is 0 Å². The molecule has 1 aromatic rings. The van der Waals surface area contributed by atoms with E-state index in [4.69, 9.17) is 0 Å². The van der Waals surface area contributed by atoms with Crippen molar-refractivity contribution >= 4 is 35.8 Å². The lowest BCUT2D eigenvalue weighted by Crippen LogP contribution is -2.59. The Kier molecular flexibility index (Phi) is 11.1. The highest BCUT2D eigenvalue weighted by molar-refractivity contribution is 14.0. The van der Waals surface area contributed by atoms with Crippen molar-refractivity contribution in [3.8, 4) is 0 Å². The first kappa shape index (κ1) is 25.9. The monoisotopic (exact) mass is 541 g/mol. The maximum absolute atomic E-state index is 11.8. The summed E-state index contributed by atoms with van der Waals surface area (Å²) >= 11 is 0. The first-order valence-corrected chi connectivity index (χ1v) is 11.7. The number of nitrogens with one attached hydrogen (secondary N) is 3. The number of halogens is 1. The Balaban J connectivity index is 0.00000341. The Hall–Kier alpha value is -1.35. The fraction of sp³-hybridized carbons (Fsp3) is 0.667. The molecule has 0 unspecified atom stereocenters. The summed E-state index contributed by atoms with van der Waals surface area (Å²) in [5, 5.41) is 9.78. The van der Waals surface area contributed by atoms with Gasteiger partial charge in [-0.25, -0.2) is 0 Å². The molecule has 0 spiro atoms. The van der Waals surface area contributed by atoms with Crippen molar-refractivity contribution in [3.63, 3.8) is 0 Å². The first-order chi connectivity index (χ1) is 14.7. The number of rotatable bonds is 7. The van der Waals surface area contributed by atoms with Crippen molar-refractivity contribution in [2.75, 3.05) is 40.3 Å². The zero-order valence-corrected chi connectivity index (χ0v) is 21.5. The summed E-state index contributed by atoms with van der Waals surface area (Å²) in [6, 6.07) is 7.82. The minimum atomic E-state index is -0.0437. The van der Waals surface area contributed by atoms with Gasteiger partial charge in [0, 0.05) is 38.3 Å². The second-order valence-corrected chi connectivity index (χ2v) is 8.71. The van der Waals surface area contributed by atoms with Gasteiger partial charge in [-0.1, -0.05) is 37.8 Å². The predicted molar refractivity (Wildman–Crippen MR) is 140 cm³/mol. The highest BCUT2D eigenvalue weighted by Crippen LogP contribution is 2.35. The summed E-state index contributed by atoms with van der Waals surface area (Å²) in [5.74, 6) is 0.831. The molecule has 1 aromatic carbocycles. The second kappa shape index (κ2) is 13.3. The van der Waals surface area contributed by atoms with E-state index in [2.05, 4.69) is 31.9 Å². The van der Waals surface area contributed by atoms with Crippen LogP contribution in [-0.4, -0.2) is 62.6 Å². The molecule has 0 aromatic heterocycles. The van der Waals surface area contributed by atoms with Crippen LogP contribution in [0.2, 0.25) is 0 Å². The quantitative estimate of drug-likeness (QED) is 0.281. The van der Waals surface area contributed by atoms with Crippen LogP contribution in [0.5, 0.6) is 0 Å². The van der Waals surface area contributed by atoms with Crippen molar-refractivity contribution < 1.29 is 4.79 Å². The standard InChI is InChI=1S/C24H39N5O.HI/c1-25-22(30)21-11-9-10-20(18-21)12-15-27-23(26-2)28-19-24(13-5-3-6-14-24)29-16-7-4-8-17-29;/h9-11,18H,3-8,12-17,19H2,1-2H3,(H,25,30)(H2,26,27,28);1H. The lowest BCUT2D eigenvalue weighted by Gasteiger charge is -2.48. The molecule has 0 radical (unpaired) electrons. The zero-order chi connectivity index (χ0) is 21.2. The molecule has 2 aliphatic rings. The fourth-order valence-corrected chi connectivity index (χ4v) is 4.99. The number of hydrogen-bond acceptors (Lipinski definition) is 3. The third-order valence-corrected chi connectivity index (χ3v) is 6.74. The summed E-state index contributed by atoms with van der Waals surface area (Å²) in [7, 11) is 3.51. The molecule has 2 fully saturated rings. The molecule has 3 N–H and O–H groups in total. The van der Waals surface area contributed by atoms with Crippen molar-refractivity contribution in [3.05, 3.63) is 35.4 Å². The zero-order valence-electron chi connectivity index (χ0n) is 19.2. The molecule has 1 aliphatic carbocycles. The minimum absolute atomic E-state index is 0. The van der Waals surface area contributed by atoms with Crippen LogP contribution in [0.4, 0.5) is 0 Å². The number of benzene rings is 1. The largest absolute Gasteiger partial charge is 0.356 e. The number of carbonyl (C=O) groups excluding carboxylic acids is 1. The lowest BCUT2D eigenvalue weighted by atomic mass is 9.79. The van der Waals surface area contributed by atoms with Crippen LogP contribution in [0.3, 0.4) is 0 Å². The van der Waals surface area contributed by atoms with E-state index < -0.39 is 0 Å². The van der Waals surface area contributed by atoms with E-state index in [1.165, 1.54) is 64.5 Å². The van der Waals surface area contributed by atoms with Gasteiger partial charge >= 0.3 is 0 Å². The predicted octanol–water partition coefficient (Wildman–Crippen LogP) is 3.56. The normalized spacial score (nSPS) is 19.2. The number of amides is 1. The van der Waals surface area contributed by atoms with E-state index in [9.17, 15) is 4.79 Å². The van der Waals surface area contributed by atoms with E-state index in [1.54, 1.807) is 7.05 Å². The topological polar surface area (TPSA) is 68.8 Å². The molecular formula is C24H40IN5O. The minimum Gasteiger partial charge on any atom is -0.356 e. The average molecular weight is 542 g/mol. The van der Waals surface area contributed by atoms with Crippen LogP contribution in [0.25, 0.3) is 0 Å². The van der Waals surface area contributed by atoms with Crippen LogP contribution < -0.4 is 16.0 Å². The molecule has 0 bridgehead atoms. The van der Waals surface area contributed by atoms with Crippen LogP contribution >= 0.6 is 24.0 Å². The summed E-state index contributed by atoms with van der Waals surface area (Å²) in [4.78, 5) is 19.0. The number of aliphatic imine (C=N–C) groups is 1. The van der Waals surface area contributed by atoms with Gasteiger partial charge in [0.15, 0.2) is 5.96 Å². The molecule has 3 rings (SSSR count). The van der Waals surface area contributed by atoms with Gasteiger partial charge in [-0.15, -0.1) is 24.0 Å². The Morgan fingerprint density at radius 1 is 1.06 bits per heavy atom. The molecule has 174 valence electrons. The van der Waals surface area contributed by atoms with Gasteiger partial charge in [0.25, 0.3) is 5.91 Å². The van der Waals surface area contributed by atoms with E-state index in [0.717, 1.165) is 31.0 Å². The van der Waals surface area contributed by atoms with Gasteiger partial charge < -0.3 is 16.0 Å². The smallest absolute Gasteiger partial charge is 0.251 e. The van der Waals surface area contributed by atoms with Gasteiger partial charge in [0.2, 0.25) is 0 Å². The summed E-state index contributed by atoms with van der Waals surface area (Å²) in [5.41, 5.74) is 2.15. The van der Waals surface area contributed by atoms with E-state index in [0.29, 0.717) is 5.56 Å². The Bertz CT molecular complexity index is 712. The summed E-state index contributed by atoms with van der Waals surface area (Å²) < 4.78 is 0. The number of guanidine groups is 1. The SMILES string of the molecule is CN=C(NCCc1cccc(C(=O)NC)c1)NCC1(N2CCCCC2)CCCCC1.I. The summed E-state index contributed by atoms with van der Waals surface area (Å²) in [6.07, 6.45) is 11.5. The van der Waals surface area contributed by atoms with Gasteiger partial charge in [0.05, 0.1) is 0 Å². The molecule has 1 saturated heterocycles. The Morgan fingerprint density at radius 3 is 2.45 bits per heavy atom. The maximum Gasteiger partial charge on any atom is 0.251 e. The maximum atomic E-state index is 11.8. The highest BCUT2D eigenvalue weighted by atomic mass is 127. The molecule has 6 nitrogen and oxygen atoms in total. The van der Waals surface area contributed by atoms with Crippen LogP contribution in [-0.2, 0) is 6.42 Å². The van der Waals surface area contributed by atoms with Gasteiger partial charge in [-0.3, -0.25) is 14.7 Å². The van der Waals surface area contributed by atoms with E-state index in [1.807, 2.05) is 25.2 Å². The first-order valence-electron chi connectivity index (χ1n) is 11.7. The third-order valence-electron chi connectivity index (χ3n) is 6.74. The molecule has 1 amide bonds. The van der Waals surface area contributed by atoms with Crippen LogP contribution in [0, 0.1) is 0 Å². The van der Waals surface area contributed by atoms with Crippen LogP contribution in [0.15, 0.2) is 29.3 Å². The third kappa shape index (κ3) is 7.34. The Labute approximate surface area is 205 Å². The molecule has 31 heavy (non-hydrogen) atoms. The van der Waals surface area contributed by atoms with Crippen molar-refractivity contribution in [1.82, 2.24) is 20.9 Å². The van der Waals surface area contributed by atoms with Crippen molar-refractivity contribution in [1.29, 1.82) is 0 Å². The molecular weight excluding hydrogens is 501 g/mol. The van der Waals surface area contributed by atoms with Gasteiger partial charge in [0.1, 0.15) is 0 Å². The molecule has 1 heterocycles. The van der Waals surface area contributed by atoms with Gasteiger partial charge in [-0.05, 0) is 62.9 Å². The Morgan fingerprint density at radius 2 is 1.77 bits per heavy atom. The highest BCUT2D eigenvalue weighted by Gasteiger charge is 2.38. The van der Waals surface area contributed by atoms with E-state index in [-0.39, 0.29) is 35.4 Å². The number of hydrogen-bond donors (Lipinski definition) is 3. The fourth-order valence-electron chi connectivity index (χ4n) is 4.99. The van der Waals surface area contributed by atoms with Crippen LogP contribution in [0.1, 0.15) is 67.3 Å². The number of likely N-dealkylation sites (tertiary alicyclic amines) is 1. The lowest BCUT2D eigenvalue weighted by molar-refractivity contribution is 0.0368. The number of nitrogens with zero attached hydrogens (tertiary/aromatic N) is 2. The molecule has 7 heteroatoms. The average Bonchev–Trinajstić information content (AvgIpc) is 2.82. The molecule has 1 saturated carbocycles.